The lowest BCUT2D eigenvalue weighted by Gasteiger charge is -2.30. The standard InChI is InChI=1S/C22H26ClN3O/c1-5-14(2)13-22(20(27)26(4)21(24)25-22)19-12-17(10-9-15(19)3)16-7-6-8-18(23)11-16/h6-12,14H,5,13H2,1-4H3,(H2,24,25)/t14-,22?/m0/s1. The quantitative estimate of drug-likeness (QED) is 0.811. The number of hydrogen-bond acceptors (Lipinski definition) is 3. The Balaban J connectivity index is 2.18. The van der Waals surface area contributed by atoms with Gasteiger partial charge in [0.15, 0.2) is 11.5 Å². The molecule has 1 aliphatic rings. The van der Waals surface area contributed by atoms with Gasteiger partial charge in [0, 0.05) is 12.1 Å². The first-order chi connectivity index (χ1) is 12.8. The van der Waals surface area contributed by atoms with Gasteiger partial charge in [0.1, 0.15) is 0 Å². The fourth-order valence-electron chi connectivity index (χ4n) is 3.68. The lowest BCUT2D eigenvalue weighted by molar-refractivity contribution is -0.131. The summed E-state index contributed by atoms with van der Waals surface area (Å²) in [5.41, 5.74) is 9.06. The summed E-state index contributed by atoms with van der Waals surface area (Å²) in [4.78, 5) is 19.4. The molecule has 0 fully saturated rings. The average molecular weight is 384 g/mol. The van der Waals surface area contributed by atoms with Crippen molar-refractivity contribution in [3.8, 4) is 11.1 Å². The van der Waals surface area contributed by atoms with Crippen molar-refractivity contribution in [3.05, 3.63) is 58.6 Å². The first-order valence-corrected chi connectivity index (χ1v) is 9.67. The minimum absolute atomic E-state index is 0.0633. The monoisotopic (exact) mass is 383 g/mol. The van der Waals surface area contributed by atoms with Crippen molar-refractivity contribution in [2.24, 2.45) is 16.6 Å². The second kappa shape index (κ2) is 7.35. The SMILES string of the molecule is CC[C@H](C)CC1(c2cc(-c3cccc(Cl)c3)ccc2C)N=C(N)N(C)C1=O. The van der Waals surface area contributed by atoms with Gasteiger partial charge >= 0.3 is 0 Å². The third-order valence-corrected chi connectivity index (χ3v) is 5.72. The minimum atomic E-state index is -0.965. The van der Waals surface area contributed by atoms with Crippen LogP contribution >= 0.6 is 11.6 Å². The van der Waals surface area contributed by atoms with Crippen LogP contribution in [0.2, 0.25) is 5.02 Å². The van der Waals surface area contributed by atoms with Gasteiger partial charge in [0.25, 0.3) is 5.91 Å². The maximum Gasteiger partial charge on any atom is 0.261 e. The van der Waals surface area contributed by atoms with Crippen LogP contribution in [0.3, 0.4) is 0 Å². The Bertz CT molecular complexity index is 908. The number of carbonyl (C=O) groups excluding carboxylic acids is 1. The highest BCUT2D eigenvalue weighted by Gasteiger charge is 2.49. The zero-order chi connectivity index (χ0) is 19.8. The number of nitrogens with zero attached hydrogens (tertiary/aromatic N) is 2. The molecule has 0 aliphatic carbocycles. The number of guanidine groups is 1. The molecule has 2 aromatic rings. The van der Waals surface area contributed by atoms with Crippen molar-refractivity contribution in [1.29, 1.82) is 0 Å². The van der Waals surface area contributed by atoms with E-state index in [4.69, 9.17) is 22.3 Å². The summed E-state index contributed by atoms with van der Waals surface area (Å²) in [5, 5.41) is 0.683. The van der Waals surface area contributed by atoms with Crippen LogP contribution in [0.5, 0.6) is 0 Å². The summed E-state index contributed by atoms with van der Waals surface area (Å²) in [6, 6.07) is 13.9. The summed E-state index contributed by atoms with van der Waals surface area (Å²) in [6.07, 6.45) is 1.61. The number of aryl methyl sites for hydroxylation is 1. The zero-order valence-corrected chi connectivity index (χ0v) is 17.0. The van der Waals surface area contributed by atoms with Crippen LogP contribution in [-0.4, -0.2) is 23.8 Å². The van der Waals surface area contributed by atoms with Gasteiger partial charge in [0.2, 0.25) is 0 Å². The molecular weight excluding hydrogens is 358 g/mol. The highest BCUT2D eigenvalue weighted by atomic mass is 35.5. The largest absolute Gasteiger partial charge is 0.369 e. The number of aliphatic imine (C=N–C) groups is 1. The van der Waals surface area contributed by atoms with Gasteiger partial charge in [0.05, 0.1) is 0 Å². The van der Waals surface area contributed by atoms with Crippen LogP contribution in [0.25, 0.3) is 11.1 Å². The molecule has 0 spiro atoms. The summed E-state index contributed by atoms with van der Waals surface area (Å²) >= 11 is 6.17. The van der Waals surface area contributed by atoms with Crippen LogP contribution in [0.4, 0.5) is 0 Å². The molecule has 0 bridgehead atoms. The lowest BCUT2D eigenvalue weighted by atomic mass is 9.78. The van der Waals surface area contributed by atoms with Crippen LogP contribution in [0.15, 0.2) is 47.5 Å². The second-order valence-corrected chi connectivity index (χ2v) is 7.89. The number of halogens is 1. The molecule has 1 heterocycles. The first-order valence-electron chi connectivity index (χ1n) is 9.29. The molecule has 5 heteroatoms. The molecule has 3 rings (SSSR count). The fraction of sp³-hybridized carbons (Fsp3) is 0.364. The molecule has 1 unspecified atom stereocenters. The van der Waals surface area contributed by atoms with Gasteiger partial charge in [-0.15, -0.1) is 0 Å². The van der Waals surface area contributed by atoms with Gasteiger partial charge in [-0.05, 0) is 59.7 Å². The second-order valence-electron chi connectivity index (χ2n) is 7.45. The number of hydrogen-bond donors (Lipinski definition) is 1. The van der Waals surface area contributed by atoms with E-state index >= 15 is 0 Å². The Hall–Kier alpha value is -2.33. The van der Waals surface area contributed by atoms with E-state index in [1.54, 1.807) is 7.05 Å². The van der Waals surface area contributed by atoms with Crippen molar-refractivity contribution >= 4 is 23.5 Å². The van der Waals surface area contributed by atoms with E-state index in [0.717, 1.165) is 28.7 Å². The molecule has 0 aromatic heterocycles. The molecule has 1 aliphatic heterocycles. The Morgan fingerprint density at radius 1 is 1.22 bits per heavy atom. The maximum absolute atomic E-state index is 13.3. The summed E-state index contributed by atoms with van der Waals surface area (Å²) < 4.78 is 0. The maximum atomic E-state index is 13.3. The average Bonchev–Trinajstić information content (AvgIpc) is 2.86. The number of carbonyl (C=O) groups is 1. The lowest BCUT2D eigenvalue weighted by Crippen LogP contribution is -2.41. The third-order valence-electron chi connectivity index (χ3n) is 5.49. The van der Waals surface area contributed by atoms with Crippen LogP contribution in [-0.2, 0) is 10.3 Å². The molecule has 2 aromatic carbocycles. The van der Waals surface area contributed by atoms with E-state index in [1.165, 1.54) is 4.90 Å². The molecular formula is C22H26ClN3O. The molecule has 0 radical (unpaired) electrons. The number of benzene rings is 2. The predicted octanol–water partition coefficient (Wildman–Crippen LogP) is 4.73. The van der Waals surface area contributed by atoms with E-state index < -0.39 is 5.54 Å². The highest BCUT2D eigenvalue weighted by molar-refractivity contribution is 6.30. The fourth-order valence-corrected chi connectivity index (χ4v) is 3.87. The van der Waals surface area contributed by atoms with Crippen LogP contribution in [0.1, 0.15) is 37.8 Å². The van der Waals surface area contributed by atoms with Crippen molar-refractivity contribution in [2.45, 2.75) is 39.2 Å². The van der Waals surface area contributed by atoms with E-state index in [9.17, 15) is 4.79 Å². The molecule has 4 nitrogen and oxygen atoms in total. The molecule has 2 N–H and O–H groups in total. The zero-order valence-electron chi connectivity index (χ0n) is 16.3. The van der Waals surface area contributed by atoms with Crippen LogP contribution in [0, 0.1) is 12.8 Å². The normalized spacial score (nSPS) is 20.7. The van der Waals surface area contributed by atoms with E-state index in [1.807, 2.05) is 37.3 Å². The first kappa shape index (κ1) is 19.4. The topological polar surface area (TPSA) is 58.7 Å². The summed E-state index contributed by atoms with van der Waals surface area (Å²) in [6.45, 7) is 6.30. The Morgan fingerprint density at radius 2 is 1.93 bits per heavy atom. The van der Waals surface area contributed by atoms with E-state index in [2.05, 4.69) is 26.0 Å². The van der Waals surface area contributed by atoms with Gasteiger partial charge < -0.3 is 5.73 Å². The minimum Gasteiger partial charge on any atom is -0.369 e. The van der Waals surface area contributed by atoms with E-state index in [0.29, 0.717) is 17.4 Å². The number of rotatable bonds is 5. The third kappa shape index (κ3) is 3.46. The molecule has 27 heavy (non-hydrogen) atoms. The summed E-state index contributed by atoms with van der Waals surface area (Å²) in [5.74, 6) is 0.550. The molecule has 142 valence electrons. The smallest absolute Gasteiger partial charge is 0.261 e. The van der Waals surface area contributed by atoms with Gasteiger partial charge in [-0.3, -0.25) is 9.69 Å². The number of likely N-dealkylation sites (N-methyl/N-ethyl adjacent to an activating group) is 1. The van der Waals surface area contributed by atoms with E-state index in [-0.39, 0.29) is 11.9 Å². The molecule has 0 saturated carbocycles. The Kier molecular flexibility index (Phi) is 5.29. The van der Waals surface area contributed by atoms with Gasteiger partial charge in [-0.1, -0.05) is 56.1 Å². The van der Waals surface area contributed by atoms with Crippen molar-refractivity contribution in [2.75, 3.05) is 7.05 Å². The molecule has 2 atom stereocenters. The van der Waals surface area contributed by atoms with Crippen LogP contribution < -0.4 is 5.73 Å². The van der Waals surface area contributed by atoms with Crippen molar-refractivity contribution in [1.82, 2.24) is 4.90 Å². The number of nitrogens with two attached hydrogens (primary N) is 1. The molecule has 1 amide bonds. The van der Waals surface area contributed by atoms with Gasteiger partial charge in [-0.2, -0.15) is 0 Å². The Morgan fingerprint density at radius 3 is 2.52 bits per heavy atom. The predicted molar refractivity (Wildman–Crippen MR) is 112 cm³/mol. The molecule has 0 saturated heterocycles. The van der Waals surface area contributed by atoms with Crippen molar-refractivity contribution < 1.29 is 4.79 Å². The summed E-state index contributed by atoms with van der Waals surface area (Å²) in [7, 11) is 1.69. The van der Waals surface area contributed by atoms with Crippen molar-refractivity contribution in [3.63, 3.8) is 0 Å². The number of amides is 1. The van der Waals surface area contributed by atoms with Gasteiger partial charge in [-0.25, -0.2) is 4.99 Å². The highest BCUT2D eigenvalue weighted by Crippen LogP contribution is 2.42. The Labute approximate surface area is 166 Å².